The summed E-state index contributed by atoms with van der Waals surface area (Å²) in [6.45, 7) is -0.584. The van der Waals surface area contributed by atoms with Crippen molar-refractivity contribution in [3.63, 3.8) is 0 Å². The van der Waals surface area contributed by atoms with E-state index in [2.05, 4.69) is 16.0 Å². The number of hydrogen-bond acceptors (Lipinski definition) is 7. The van der Waals surface area contributed by atoms with Gasteiger partial charge in [0.05, 0.1) is 6.61 Å². The van der Waals surface area contributed by atoms with Crippen LogP contribution in [0.25, 0.3) is 0 Å². The van der Waals surface area contributed by atoms with Crippen molar-refractivity contribution in [2.75, 3.05) is 27.7 Å². The molecule has 2 aromatic rings. The molecule has 314 valence electrons. The summed E-state index contributed by atoms with van der Waals surface area (Å²) in [5.74, 6) is -3.06. The molecule has 0 radical (unpaired) electrons. The molecule has 13 heteroatoms. The highest BCUT2D eigenvalue weighted by molar-refractivity contribution is 5.91. The zero-order valence-electron chi connectivity index (χ0n) is 34.3. The maximum Gasteiger partial charge on any atom is 0.247 e. The molecule has 4 fully saturated rings. The lowest BCUT2D eigenvalue weighted by atomic mass is 9.83. The molecule has 4 aliphatic rings. The van der Waals surface area contributed by atoms with Crippen LogP contribution in [0.2, 0.25) is 0 Å². The van der Waals surface area contributed by atoms with Gasteiger partial charge in [0.25, 0.3) is 0 Å². The van der Waals surface area contributed by atoms with Crippen molar-refractivity contribution in [1.29, 1.82) is 0 Å². The molecule has 58 heavy (non-hydrogen) atoms. The first-order valence-corrected chi connectivity index (χ1v) is 21.3. The van der Waals surface area contributed by atoms with Crippen molar-refractivity contribution < 1.29 is 33.9 Å². The first-order valence-electron chi connectivity index (χ1n) is 21.3. The van der Waals surface area contributed by atoms with E-state index in [1.165, 1.54) is 0 Å². The number of fused-ring (bicyclic) bond motifs is 6. The summed E-state index contributed by atoms with van der Waals surface area (Å²) in [7, 11) is 5.14. The minimum absolute atomic E-state index is 0.228. The van der Waals surface area contributed by atoms with Crippen LogP contribution < -0.4 is 16.0 Å². The molecule has 0 spiro atoms. The third-order valence-electron chi connectivity index (χ3n) is 13.3. The number of nitrogens with zero attached hydrogens (tertiary/aromatic N) is 3. The van der Waals surface area contributed by atoms with Crippen molar-refractivity contribution in [2.24, 2.45) is 17.8 Å². The largest absolute Gasteiger partial charge is 0.394 e. The Balaban J connectivity index is 1.30. The number of rotatable bonds is 5. The van der Waals surface area contributed by atoms with E-state index >= 15 is 0 Å². The fourth-order valence-corrected chi connectivity index (χ4v) is 9.69. The van der Waals surface area contributed by atoms with Crippen LogP contribution in [0.4, 0.5) is 0 Å². The molecule has 3 saturated carbocycles. The third-order valence-corrected chi connectivity index (χ3v) is 13.3. The molecule has 1 aliphatic heterocycles. The average molecular weight is 799 g/mol. The molecule has 0 aromatic heterocycles. The predicted octanol–water partition coefficient (Wildman–Crippen LogP) is 2.98. The molecule has 4 N–H and O–H groups in total. The summed E-state index contributed by atoms with van der Waals surface area (Å²) in [6.07, 6.45) is 7.79. The Kier molecular flexibility index (Phi) is 14.6. The van der Waals surface area contributed by atoms with Crippen LogP contribution in [0.5, 0.6) is 0 Å². The summed E-state index contributed by atoms with van der Waals surface area (Å²) in [5.41, 5.74) is 1.80. The van der Waals surface area contributed by atoms with Crippen LogP contribution in [0, 0.1) is 17.8 Å². The van der Waals surface area contributed by atoms with E-state index in [0.29, 0.717) is 70.6 Å². The smallest absolute Gasteiger partial charge is 0.247 e. The fraction of sp³-hybridized carbons (Fsp3) is 0.600. The quantitative estimate of drug-likeness (QED) is 0.361. The van der Waals surface area contributed by atoms with E-state index in [9.17, 15) is 33.9 Å². The lowest BCUT2D eigenvalue weighted by Crippen LogP contribution is -2.57. The van der Waals surface area contributed by atoms with Gasteiger partial charge in [0.2, 0.25) is 35.4 Å². The summed E-state index contributed by atoms with van der Waals surface area (Å²) in [5, 5.41) is 19.4. The van der Waals surface area contributed by atoms with E-state index in [1.54, 1.807) is 35.8 Å². The van der Waals surface area contributed by atoms with Gasteiger partial charge in [-0.15, -0.1) is 0 Å². The second-order valence-corrected chi connectivity index (χ2v) is 17.1. The molecule has 6 amide bonds. The highest BCUT2D eigenvalue weighted by Crippen LogP contribution is 2.32. The van der Waals surface area contributed by atoms with Crippen molar-refractivity contribution >= 4 is 35.4 Å². The Labute approximate surface area is 342 Å². The first kappa shape index (κ1) is 42.8. The molecule has 2 aromatic carbocycles. The van der Waals surface area contributed by atoms with E-state index in [4.69, 9.17) is 0 Å². The zero-order chi connectivity index (χ0) is 41.3. The van der Waals surface area contributed by atoms with Crippen molar-refractivity contribution in [3.8, 4) is 0 Å². The molecule has 0 unspecified atom stereocenters. The SMILES string of the molecule is CN1C(=O)[C@H](CO)NC(=O)[C@H]2CCC[C@H](C2)N(C)C(=O)[C@H](Cc2ccccc2)NC(=O)[C@H]2CCC[C@H](C2)N(C)C(=O)[C@H](Cc2ccccc2)NC(=O)[C@H]2CCC[C@@H]1C2. The number of amides is 6. The van der Waals surface area contributed by atoms with Gasteiger partial charge in [0, 0.05) is 69.9 Å². The topological polar surface area (TPSA) is 168 Å². The normalized spacial score (nSPS) is 31.2. The maximum absolute atomic E-state index is 14.4. The van der Waals surface area contributed by atoms with Gasteiger partial charge in [0.15, 0.2) is 0 Å². The first-order chi connectivity index (χ1) is 27.9. The number of likely N-dealkylation sites (N-methyl/N-ethyl adjacent to an activating group) is 3. The van der Waals surface area contributed by atoms with E-state index in [1.807, 2.05) is 60.7 Å². The highest BCUT2D eigenvalue weighted by atomic mass is 16.3. The second-order valence-electron chi connectivity index (χ2n) is 17.1. The molecule has 9 atom stereocenters. The summed E-state index contributed by atoms with van der Waals surface area (Å²) >= 11 is 0. The van der Waals surface area contributed by atoms with Crippen LogP contribution in [0.3, 0.4) is 0 Å². The molecule has 6 rings (SSSR count). The maximum atomic E-state index is 14.4. The standard InChI is InChI=1S/C45H62N6O7/c1-49-34-20-10-17-31(25-34)40(53)46-38(24-30-15-8-5-9-16-30)44(57)50(2)35-21-12-19-33(27-35)42(55)48-39(28-52)45(58)51(3)36-22-11-18-32(26-36)41(54)47-37(43(49)56)23-29-13-6-4-7-14-29/h4-9,13-16,31-39,52H,10-12,17-28H2,1-3H3,(H,46,53)(H,47,54)(H,48,55)/t31-,32-,33-,34+,35+,36+,37-,38-,39-/m0/s1. The number of hydrogen-bond donors (Lipinski definition) is 4. The van der Waals surface area contributed by atoms with Gasteiger partial charge in [-0.2, -0.15) is 0 Å². The van der Waals surface area contributed by atoms with E-state index in [0.717, 1.165) is 17.5 Å². The minimum atomic E-state index is -1.16. The number of benzene rings is 2. The van der Waals surface area contributed by atoms with Gasteiger partial charge < -0.3 is 35.8 Å². The van der Waals surface area contributed by atoms with Crippen LogP contribution in [-0.2, 0) is 41.6 Å². The molecule has 13 nitrogen and oxygen atoms in total. The number of carbonyl (C=O) groups excluding carboxylic acids is 6. The van der Waals surface area contributed by atoms with Gasteiger partial charge in [-0.05, 0) is 68.9 Å². The average Bonchev–Trinajstić information content (AvgIpc) is 3.26. The van der Waals surface area contributed by atoms with Gasteiger partial charge in [-0.3, -0.25) is 28.8 Å². The van der Waals surface area contributed by atoms with Crippen LogP contribution in [0.15, 0.2) is 60.7 Å². The zero-order valence-corrected chi connectivity index (χ0v) is 34.3. The third kappa shape index (κ3) is 10.4. The lowest BCUT2D eigenvalue weighted by molar-refractivity contribution is -0.143. The Hall–Kier alpha value is -4.78. The molecular weight excluding hydrogens is 737 g/mol. The number of carbonyl (C=O) groups is 6. The van der Waals surface area contributed by atoms with Crippen LogP contribution >= 0.6 is 0 Å². The Morgan fingerprint density at radius 3 is 1.12 bits per heavy atom. The van der Waals surface area contributed by atoms with Crippen molar-refractivity contribution in [1.82, 2.24) is 30.7 Å². The monoisotopic (exact) mass is 798 g/mol. The molecule has 1 heterocycles. The second kappa shape index (κ2) is 19.8. The molecule has 1 saturated heterocycles. The summed E-state index contributed by atoms with van der Waals surface area (Å²) in [6, 6.07) is 15.4. The number of aliphatic hydroxyl groups is 1. The summed E-state index contributed by atoms with van der Waals surface area (Å²) < 4.78 is 0. The molecular formula is C45H62N6O7. The minimum Gasteiger partial charge on any atom is -0.394 e. The predicted molar refractivity (Wildman–Crippen MR) is 219 cm³/mol. The number of nitrogens with one attached hydrogen (secondary N) is 3. The van der Waals surface area contributed by atoms with E-state index < -0.39 is 48.4 Å². The van der Waals surface area contributed by atoms with Gasteiger partial charge in [0.1, 0.15) is 18.1 Å². The van der Waals surface area contributed by atoms with Gasteiger partial charge in [-0.1, -0.05) is 79.9 Å². The van der Waals surface area contributed by atoms with Crippen molar-refractivity contribution in [3.05, 3.63) is 71.8 Å². The van der Waals surface area contributed by atoms with Crippen molar-refractivity contribution in [2.45, 2.75) is 126 Å². The molecule has 3 aliphatic carbocycles. The Morgan fingerprint density at radius 1 is 0.483 bits per heavy atom. The lowest BCUT2D eigenvalue weighted by Gasteiger charge is -2.39. The molecule has 6 bridgehead atoms. The highest BCUT2D eigenvalue weighted by Gasteiger charge is 2.40. The summed E-state index contributed by atoms with van der Waals surface area (Å²) in [4.78, 5) is 89.4. The van der Waals surface area contributed by atoms with Gasteiger partial charge >= 0.3 is 0 Å². The Bertz CT molecular complexity index is 1720. The fourth-order valence-electron chi connectivity index (χ4n) is 9.69. The van der Waals surface area contributed by atoms with Crippen LogP contribution in [0.1, 0.15) is 88.2 Å². The van der Waals surface area contributed by atoms with E-state index in [-0.39, 0.29) is 60.5 Å². The van der Waals surface area contributed by atoms with Gasteiger partial charge in [-0.25, -0.2) is 0 Å². The number of aliphatic hydroxyl groups excluding tert-OH is 1. The van der Waals surface area contributed by atoms with Crippen LogP contribution in [-0.4, -0.2) is 119 Å². The Morgan fingerprint density at radius 2 is 0.793 bits per heavy atom.